The number of benzene rings is 1. The van der Waals surface area contributed by atoms with Crippen molar-refractivity contribution < 1.29 is 14.2 Å². The van der Waals surface area contributed by atoms with E-state index >= 15 is 0 Å². The Morgan fingerprint density at radius 1 is 1.33 bits per heavy atom. The normalized spacial score (nSPS) is 21.6. The van der Waals surface area contributed by atoms with E-state index in [4.69, 9.17) is 19.9 Å². The van der Waals surface area contributed by atoms with Crippen LogP contribution in [0.5, 0.6) is 5.75 Å². The minimum Gasteiger partial charge on any atom is -0.494 e. The summed E-state index contributed by atoms with van der Waals surface area (Å²) in [4.78, 5) is 0. The topological polar surface area (TPSA) is 71.5 Å². The van der Waals surface area contributed by atoms with Crippen LogP contribution in [-0.2, 0) is 9.47 Å². The number of rotatable bonds is 4. The first-order chi connectivity index (χ1) is 10.2. The summed E-state index contributed by atoms with van der Waals surface area (Å²) in [7, 11) is 3.31. The van der Waals surface area contributed by atoms with Gasteiger partial charge in [0.1, 0.15) is 17.9 Å². The SMILES string of the molecule is COc1c(N)cccc1-c1cnn(C2COC[C@@H]2OC)c1. The van der Waals surface area contributed by atoms with Gasteiger partial charge in [-0.2, -0.15) is 5.10 Å². The molecule has 3 rings (SSSR count). The van der Waals surface area contributed by atoms with E-state index in [1.54, 1.807) is 14.2 Å². The van der Waals surface area contributed by atoms with Crippen LogP contribution >= 0.6 is 0 Å². The molecule has 1 fully saturated rings. The molecular weight excluding hydrogens is 270 g/mol. The highest BCUT2D eigenvalue weighted by Crippen LogP contribution is 2.35. The maximum absolute atomic E-state index is 5.95. The highest BCUT2D eigenvalue weighted by Gasteiger charge is 2.30. The molecule has 1 saturated heterocycles. The average Bonchev–Trinajstić information content (AvgIpc) is 3.15. The standard InChI is InChI=1S/C15H19N3O3/c1-19-14-9-21-8-13(14)18-7-10(6-17-18)11-4-3-5-12(16)15(11)20-2/h3-7,13-14H,8-9,16H2,1-2H3/t13?,14-/m0/s1. The van der Waals surface area contributed by atoms with Gasteiger partial charge in [0.15, 0.2) is 0 Å². The summed E-state index contributed by atoms with van der Waals surface area (Å²) in [6, 6.07) is 5.78. The van der Waals surface area contributed by atoms with Gasteiger partial charge in [0.05, 0.1) is 32.2 Å². The molecule has 0 amide bonds. The van der Waals surface area contributed by atoms with Crippen LogP contribution in [-0.4, -0.2) is 43.3 Å². The molecule has 1 aliphatic rings. The number of aromatic nitrogens is 2. The number of ether oxygens (including phenoxy) is 3. The zero-order chi connectivity index (χ0) is 14.8. The molecule has 0 radical (unpaired) electrons. The van der Waals surface area contributed by atoms with Gasteiger partial charge in [-0.1, -0.05) is 12.1 Å². The summed E-state index contributed by atoms with van der Waals surface area (Å²) < 4.78 is 18.2. The lowest BCUT2D eigenvalue weighted by molar-refractivity contribution is 0.0665. The molecule has 2 aromatic rings. The Labute approximate surface area is 123 Å². The van der Waals surface area contributed by atoms with E-state index in [2.05, 4.69) is 5.10 Å². The fourth-order valence-electron chi connectivity index (χ4n) is 2.66. The van der Waals surface area contributed by atoms with Gasteiger partial charge in [0.2, 0.25) is 0 Å². The monoisotopic (exact) mass is 289 g/mol. The molecule has 2 atom stereocenters. The fourth-order valence-corrected chi connectivity index (χ4v) is 2.66. The van der Waals surface area contributed by atoms with E-state index in [1.807, 2.05) is 35.3 Å². The summed E-state index contributed by atoms with van der Waals surface area (Å²) in [6.45, 7) is 1.20. The molecule has 0 spiro atoms. The molecule has 6 nitrogen and oxygen atoms in total. The van der Waals surface area contributed by atoms with Crippen LogP contribution in [0, 0.1) is 0 Å². The number of nitrogens with zero attached hydrogens (tertiary/aromatic N) is 2. The minimum atomic E-state index is 0.0282. The number of methoxy groups -OCH3 is 2. The lowest BCUT2D eigenvalue weighted by Gasteiger charge is -2.16. The molecule has 1 unspecified atom stereocenters. The Balaban J connectivity index is 1.94. The van der Waals surface area contributed by atoms with E-state index < -0.39 is 0 Å². The van der Waals surface area contributed by atoms with Crippen LogP contribution < -0.4 is 10.5 Å². The molecule has 112 valence electrons. The fraction of sp³-hybridized carbons (Fsp3) is 0.400. The smallest absolute Gasteiger partial charge is 0.149 e. The van der Waals surface area contributed by atoms with E-state index in [0.717, 1.165) is 11.1 Å². The third-order valence-electron chi connectivity index (χ3n) is 3.80. The van der Waals surface area contributed by atoms with E-state index in [-0.39, 0.29) is 12.1 Å². The van der Waals surface area contributed by atoms with Crippen LogP contribution in [0.4, 0.5) is 5.69 Å². The zero-order valence-electron chi connectivity index (χ0n) is 12.2. The van der Waals surface area contributed by atoms with Crippen molar-refractivity contribution in [1.29, 1.82) is 0 Å². The molecule has 0 saturated carbocycles. The number of nitrogen functional groups attached to an aromatic ring is 1. The Morgan fingerprint density at radius 3 is 2.95 bits per heavy atom. The van der Waals surface area contributed by atoms with E-state index in [1.165, 1.54) is 0 Å². The summed E-state index contributed by atoms with van der Waals surface area (Å²) in [5.74, 6) is 0.669. The largest absolute Gasteiger partial charge is 0.494 e. The first-order valence-electron chi connectivity index (χ1n) is 6.82. The van der Waals surface area contributed by atoms with Crippen molar-refractivity contribution in [3.63, 3.8) is 0 Å². The van der Waals surface area contributed by atoms with Crippen LogP contribution in [0.1, 0.15) is 6.04 Å². The van der Waals surface area contributed by atoms with E-state index in [9.17, 15) is 0 Å². The molecule has 0 aliphatic carbocycles. The van der Waals surface area contributed by atoms with E-state index in [0.29, 0.717) is 24.7 Å². The molecule has 6 heteroatoms. The second-order valence-electron chi connectivity index (χ2n) is 5.02. The van der Waals surface area contributed by atoms with Crippen LogP contribution in [0.25, 0.3) is 11.1 Å². The third-order valence-corrected chi connectivity index (χ3v) is 3.80. The lowest BCUT2D eigenvalue weighted by Crippen LogP contribution is -2.24. The summed E-state index contributed by atoms with van der Waals surface area (Å²) >= 11 is 0. The van der Waals surface area contributed by atoms with Gasteiger partial charge in [-0.3, -0.25) is 4.68 Å². The first kappa shape index (κ1) is 13.9. The summed E-state index contributed by atoms with van der Waals surface area (Å²) in [6.07, 6.45) is 3.81. The van der Waals surface area contributed by atoms with Crippen molar-refractivity contribution in [1.82, 2.24) is 9.78 Å². The summed E-state index contributed by atoms with van der Waals surface area (Å²) in [5, 5.41) is 4.44. The van der Waals surface area contributed by atoms with Crippen LogP contribution in [0.15, 0.2) is 30.6 Å². The van der Waals surface area contributed by atoms with Crippen molar-refractivity contribution in [2.45, 2.75) is 12.1 Å². The van der Waals surface area contributed by atoms with Gasteiger partial charge < -0.3 is 19.9 Å². The summed E-state index contributed by atoms with van der Waals surface area (Å²) in [5.41, 5.74) is 8.45. The maximum Gasteiger partial charge on any atom is 0.149 e. The van der Waals surface area contributed by atoms with Crippen molar-refractivity contribution >= 4 is 5.69 Å². The van der Waals surface area contributed by atoms with Gasteiger partial charge >= 0.3 is 0 Å². The number of hydrogen-bond donors (Lipinski definition) is 1. The molecule has 2 N–H and O–H groups in total. The lowest BCUT2D eigenvalue weighted by atomic mass is 10.1. The van der Waals surface area contributed by atoms with Crippen LogP contribution in [0.2, 0.25) is 0 Å². The number of hydrogen-bond acceptors (Lipinski definition) is 5. The first-order valence-corrected chi connectivity index (χ1v) is 6.82. The predicted molar refractivity (Wildman–Crippen MR) is 79.3 cm³/mol. The quantitative estimate of drug-likeness (QED) is 0.868. The molecule has 1 aromatic heterocycles. The molecule has 2 heterocycles. The highest BCUT2D eigenvalue weighted by atomic mass is 16.5. The zero-order valence-corrected chi connectivity index (χ0v) is 12.2. The molecular formula is C15H19N3O3. The van der Waals surface area contributed by atoms with Crippen molar-refractivity contribution in [3.8, 4) is 16.9 Å². The molecule has 0 bridgehead atoms. The second-order valence-corrected chi connectivity index (χ2v) is 5.02. The Morgan fingerprint density at radius 2 is 2.19 bits per heavy atom. The van der Waals surface area contributed by atoms with Crippen LogP contribution in [0.3, 0.4) is 0 Å². The van der Waals surface area contributed by atoms with Gasteiger partial charge in [-0.25, -0.2) is 0 Å². The van der Waals surface area contributed by atoms with Gasteiger partial charge in [0.25, 0.3) is 0 Å². The van der Waals surface area contributed by atoms with Crippen molar-refractivity contribution in [2.75, 3.05) is 33.2 Å². The molecule has 1 aromatic carbocycles. The van der Waals surface area contributed by atoms with Gasteiger partial charge in [0, 0.05) is 24.4 Å². The number of nitrogens with two attached hydrogens (primary N) is 1. The Kier molecular flexibility index (Phi) is 3.81. The second kappa shape index (κ2) is 5.75. The molecule has 1 aliphatic heterocycles. The third kappa shape index (κ3) is 2.48. The van der Waals surface area contributed by atoms with Gasteiger partial charge in [-0.05, 0) is 6.07 Å². The average molecular weight is 289 g/mol. The minimum absolute atomic E-state index is 0.0282. The Hall–Kier alpha value is -2.05. The number of anilines is 1. The van der Waals surface area contributed by atoms with Crippen molar-refractivity contribution in [2.24, 2.45) is 0 Å². The highest BCUT2D eigenvalue weighted by molar-refractivity contribution is 5.76. The molecule has 21 heavy (non-hydrogen) atoms. The van der Waals surface area contributed by atoms with Crippen molar-refractivity contribution in [3.05, 3.63) is 30.6 Å². The van der Waals surface area contributed by atoms with Gasteiger partial charge in [-0.15, -0.1) is 0 Å². The maximum atomic E-state index is 5.95. The number of para-hydroxylation sites is 1. The predicted octanol–water partition coefficient (Wildman–Crippen LogP) is 1.73. The Bertz CT molecular complexity index is 626.